The first-order valence-corrected chi connectivity index (χ1v) is 10.7. The molecular weight excluding hydrogens is 376 g/mol. The summed E-state index contributed by atoms with van der Waals surface area (Å²) >= 11 is 0. The Kier molecular flexibility index (Phi) is 13.7. The summed E-state index contributed by atoms with van der Waals surface area (Å²) < 4.78 is 18.8. The first-order chi connectivity index (χ1) is 13.2. The van der Waals surface area contributed by atoms with Gasteiger partial charge in [-0.15, -0.1) is 0 Å². The predicted molar refractivity (Wildman–Crippen MR) is 115 cm³/mol. The smallest absolute Gasteiger partial charge is 0.126 e. The molecule has 8 heteroatoms. The van der Waals surface area contributed by atoms with Gasteiger partial charge in [-0.2, -0.15) is 0 Å². The van der Waals surface area contributed by atoms with Gasteiger partial charge in [-0.05, 0) is 19.8 Å². The fraction of sp³-hybridized carbons (Fsp3) is 1.00. The van der Waals surface area contributed by atoms with E-state index in [1.54, 1.807) is 6.92 Å². The van der Waals surface area contributed by atoms with Crippen LogP contribution in [-0.4, -0.2) is 137 Å². The number of nitrogens with zero attached hydrogens (tertiary/aromatic N) is 2. The fourth-order valence-corrected chi connectivity index (χ4v) is 3.07. The zero-order valence-corrected chi connectivity index (χ0v) is 20.0. The maximum Gasteiger partial charge on any atom is 0.126 e. The summed E-state index contributed by atoms with van der Waals surface area (Å²) in [5, 5.41) is 29.9. The van der Waals surface area contributed by atoms with Crippen LogP contribution in [0.2, 0.25) is 0 Å². The number of aliphatic hydroxyl groups excluding tert-OH is 3. The average Bonchev–Trinajstić information content (AvgIpc) is 2.51. The summed E-state index contributed by atoms with van der Waals surface area (Å²) in [5.41, 5.74) is 0. The highest BCUT2D eigenvalue weighted by Crippen LogP contribution is 2.10. The van der Waals surface area contributed by atoms with E-state index in [0.717, 1.165) is 6.42 Å². The molecule has 0 saturated carbocycles. The molecule has 0 bridgehead atoms. The van der Waals surface area contributed by atoms with Crippen LogP contribution in [0.5, 0.6) is 0 Å². The van der Waals surface area contributed by atoms with E-state index in [2.05, 4.69) is 0 Å². The zero-order valence-electron chi connectivity index (χ0n) is 20.0. The SMILES string of the molecule is CCC(CC(C)O)OCC(COCC(O)C[N+](C)(C)C)OCC(O)C[N+](C)(C)C. The molecule has 8 nitrogen and oxygen atoms in total. The number of likely N-dealkylation sites (N-methyl/N-ethyl adjacent to an activating group) is 2. The zero-order chi connectivity index (χ0) is 22.7. The van der Waals surface area contributed by atoms with Crippen molar-refractivity contribution in [2.75, 3.05) is 81.8 Å². The molecule has 0 spiro atoms. The van der Waals surface area contributed by atoms with E-state index < -0.39 is 18.3 Å². The van der Waals surface area contributed by atoms with Crippen LogP contribution < -0.4 is 0 Å². The lowest BCUT2D eigenvalue weighted by Gasteiger charge is -2.29. The minimum Gasteiger partial charge on any atom is -0.393 e. The highest BCUT2D eigenvalue weighted by Gasteiger charge is 2.21. The van der Waals surface area contributed by atoms with Crippen molar-refractivity contribution in [2.45, 2.75) is 57.2 Å². The third-order valence-corrected chi connectivity index (χ3v) is 4.23. The van der Waals surface area contributed by atoms with Crippen molar-refractivity contribution < 1.29 is 38.5 Å². The Labute approximate surface area is 178 Å². The Morgan fingerprint density at radius 3 is 1.62 bits per heavy atom. The largest absolute Gasteiger partial charge is 0.393 e. The van der Waals surface area contributed by atoms with Crippen molar-refractivity contribution in [3.05, 3.63) is 0 Å². The van der Waals surface area contributed by atoms with Crippen LogP contribution in [0.1, 0.15) is 26.7 Å². The number of hydrogen-bond acceptors (Lipinski definition) is 6. The molecule has 0 aliphatic heterocycles. The Bertz CT molecular complexity index is 409. The van der Waals surface area contributed by atoms with E-state index in [1.807, 2.05) is 49.2 Å². The monoisotopic (exact) mass is 424 g/mol. The molecule has 0 radical (unpaired) electrons. The van der Waals surface area contributed by atoms with Crippen LogP contribution in [-0.2, 0) is 14.2 Å². The lowest BCUT2D eigenvalue weighted by Crippen LogP contribution is -2.44. The molecule has 0 rings (SSSR count). The van der Waals surface area contributed by atoms with Crippen molar-refractivity contribution >= 4 is 0 Å². The van der Waals surface area contributed by atoms with Crippen LogP contribution in [0, 0.1) is 0 Å². The lowest BCUT2D eigenvalue weighted by atomic mass is 10.1. The lowest BCUT2D eigenvalue weighted by molar-refractivity contribution is -0.873. The molecule has 29 heavy (non-hydrogen) atoms. The van der Waals surface area contributed by atoms with Gasteiger partial charge in [0.1, 0.15) is 31.4 Å². The van der Waals surface area contributed by atoms with Crippen molar-refractivity contribution in [1.82, 2.24) is 0 Å². The van der Waals surface area contributed by atoms with Crippen LogP contribution in [0.3, 0.4) is 0 Å². The highest BCUT2D eigenvalue weighted by molar-refractivity contribution is 4.65. The van der Waals surface area contributed by atoms with Gasteiger partial charge in [0.25, 0.3) is 0 Å². The molecule has 0 aromatic heterocycles. The first kappa shape index (κ1) is 28.7. The molecule has 0 aromatic rings. The summed E-state index contributed by atoms with van der Waals surface area (Å²) in [6.45, 7) is 5.95. The highest BCUT2D eigenvalue weighted by atomic mass is 16.6. The molecule has 0 aromatic carbocycles. The summed E-state index contributed by atoms with van der Waals surface area (Å²) in [4.78, 5) is 0. The Hall–Kier alpha value is -0.320. The van der Waals surface area contributed by atoms with Gasteiger partial charge in [0, 0.05) is 0 Å². The Balaban J connectivity index is 4.61. The van der Waals surface area contributed by atoms with E-state index in [0.29, 0.717) is 35.1 Å². The predicted octanol–water partition coefficient (Wildman–Crippen LogP) is 0.0885. The number of quaternary nitrogens is 2. The summed E-state index contributed by atoms with van der Waals surface area (Å²) in [5.74, 6) is 0. The van der Waals surface area contributed by atoms with Crippen molar-refractivity contribution in [3.8, 4) is 0 Å². The van der Waals surface area contributed by atoms with Gasteiger partial charge in [-0.1, -0.05) is 6.92 Å². The molecule has 3 N–H and O–H groups in total. The second kappa shape index (κ2) is 13.9. The van der Waals surface area contributed by atoms with Crippen LogP contribution in [0.25, 0.3) is 0 Å². The van der Waals surface area contributed by atoms with Gasteiger partial charge >= 0.3 is 0 Å². The van der Waals surface area contributed by atoms with Crippen LogP contribution >= 0.6 is 0 Å². The van der Waals surface area contributed by atoms with Crippen molar-refractivity contribution in [3.63, 3.8) is 0 Å². The summed E-state index contributed by atoms with van der Waals surface area (Å²) in [7, 11) is 12.1. The van der Waals surface area contributed by atoms with Gasteiger partial charge in [0.2, 0.25) is 0 Å². The maximum atomic E-state index is 10.2. The van der Waals surface area contributed by atoms with E-state index in [-0.39, 0.29) is 32.0 Å². The number of ether oxygens (including phenoxy) is 3. The van der Waals surface area contributed by atoms with Crippen LogP contribution in [0.15, 0.2) is 0 Å². The number of aliphatic hydroxyl groups is 3. The van der Waals surface area contributed by atoms with E-state index >= 15 is 0 Å². The maximum absolute atomic E-state index is 10.2. The van der Waals surface area contributed by atoms with Crippen LogP contribution in [0.4, 0.5) is 0 Å². The van der Waals surface area contributed by atoms with Crippen molar-refractivity contribution in [2.24, 2.45) is 0 Å². The molecule has 0 heterocycles. The molecule has 0 saturated heterocycles. The van der Waals surface area contributed by atoms with E-state index in [9.17, 15) is 15.3 Å². The third-order valence-electron chi connectivity index (χ3n) is 4.23. The Morgan fingerprint density at radius 2 is 1.17 bits per heavy atom. The average molecular weight is 425 g/mol. The molecule has 0 aliphatic rings. The second-order valence-electron chi connectivity index (χ2n) is 10.2. The van der Waals surface area contributed by atoms with Gasteiger partial charge in [-0.25, -0.2) is 0 Å². The molecule has 0 amide bonds. The van der Waals surface area contributed by atoms with Gasteiger partial charge < -0.3 is 38.5 Å². The van der Waals surface area contributed by atoms with Gasteiger partial charge in [0.05, 0.1) is 80.9 Å². The molecule has 176 valence electrons. The van der Waals surface area contributed by atoms with Gasteiger partial charge in [0.15, 0.2) is 0 Å². The molecular formula is C21H48N2O6+2. The minimum absolute atomic E-state index is 0.0546. The summed E-state index contributed by atoms with van der Waals surface area (Å²) in [6, 6.07) is 0. The van der Waals surface area contributed by atoms with E-state index in [4.69, 9.17) is 14.2 Å². The fourth-order valence-electron chi connectivity index (χ4n) is 3.07. The molecule has 0 fully saturated rings. The standard InChI is InChI=1S/C21H48N2O6/c1-9-20(10-17(2)24)29-16-21(28-14-19(26)12-23(6,7)8)15-27-13-18(25)11-22(3,4)5/h17-21,24-26H,9-16H2,1-8H3/q+2. The Morgan fingerprint density at radius 1 is 0.690 bits per heavy atom. The van der Waals surface area contributed by atoms with E-state index in [1.165, 1.54) is 0 Å². The second-order valence-corrected chi connectivity index (χ2v) is 10.2. The quantitative estimate of drug-likeness (QED) is 0.287. The normalized spacial score (nSPS) is 18.3. The first-order valence-electron chi connectivity index (χ1n) is 10.7. The topological polar surface area (TPSA) is 88.4 Å². The molecule has 5 atom stereocenters. The van der Waals surface area contributed by atoms with Gasteiger partial charge in [-0.3, -0.25) is 0 Å². The number of hydrogen-bond donors (Lipinski definition) is 3. The minimum atomic E-state index is -0.583. The summed E-state index contributed by atoms with van der Waals surface area (Å²) in [6.07, 6.45) is -0.605. The third kappa shape index (κ3) is 18.2. The molecule has 5 unspecified atom stereocenters. The molecule has 0 aliphatic carbocycles. The number of rotatable bonds is 17. The van der Waals surface area contributed by atoms with Crippen molar-refractivity contribution in [1.29, 1.82) is 0 Å².